The predicted molar refractivity (Wildman–Crippen MR) is 174 cm³/mol. The van der Waals surface area contributed by atoms with Gasteiger partial charge in [0.1, 0.15) is 0 Å². The first-order valence-electron chi connectivity index (χ1n) is 16.0. The van der Waals surface area contributed by atoms with Crippen LogP contribution in [-0.2, 0) is 9.47 Å². The molecule has 0 aromatic heterocycles. The molecule has 0 aromatic rings. The molecule has 0 unspecified atom stereocenters. The molecule has 40 heavy (non-hydrogen) atoms. The Labute approximate surface area is 249 Å². The predicted octanol–water partition coefficient (Wildman–Crippen LogP) is 5.51. The van der Waals surface area contributed by atoms with Gasteiger partial charge in [-0.15, -0.1) is 0 Å². The molecule has 0 rings (SSSR count). The molecule has 0 aliphatic heterocycles. The number of hydrogen-bond acceptors (Lipinski definition) is 3. The fourth-order valence-corrected chi connectivity index (χ4v) is 5.67. The summed E-state index contributed by atoms with van der Waals surface area (Å²) >= 11 is 0. The number of hydrogen-bond donors (Lipinski definition) is 1. The molecule has 0 saturated heterocycles. The maximum Gasteiger partial charge on any atom is 0.349 e. The normalized spacial score (nSPS) is 12.1. The van der Waals surface area contributed by atoms with Crippen LogP contribution in [0.3, 0.4) is 0 Å². The smallest absolute Gasteiger partial charge is 0.349 e. The minimum Gasteiger partial charge on any atom is -0.377 e. The fourth-order valence-electron chi connectivity index (χ4n) is 5.67. The molecule has 0 aromatic carbocycles. The van der Waals surface area contributed by atoms with Crippen molar-refractivity contribution in [3.8, 4) is 0 Å². The molecule has 0 radical (unpaired) electrons. The number of ether oxygens (including phenoxy) is 2. The van der Waals surface area contributed by atoms with E-state index in [2.05, 4.69) is 135 Å². The zero-order valence-corrected chi connectivity index (χ0v) is 29.4. The van der Waals surface area contributed by atoms with Gasteiger partial charge in [-0.25, -0.2) is 0 Å². The third kappa shape index (κ3) is 13.0. The van der Waals surface area contributed by atoms with E-state index in [-0.39, 0.29) is 0 Å². The molecule has 0 bridgehead atoms. The molecule has 0 spiro atoms. The lowest BCUT2D eigenvalue weighted by Crippen LogP contribution is -2.56. The highest BCUT2D eigenvalue weighted by Crippen LogP contribution is 2.16. The van der Waals surface area contributed by atoms with Crippen LogP contribution in [0.4, 0.5) is 0 Å². The summed E-state index contributed by atoms with van der Waals surface area (Å²) in [6.45, 7) is 39.8. The molecule has 8 heteroatoms. The van der Waals surface area contributed by atoms with Crippen LogP contribution in [0.5, 0.6) is 0 Å². The van der Waals surface area contributed by atoms with Crippen LogP contribution in [0.2, 0.25) is 0 Å². The van der Waals surface area contributed by atoms with Gasteiger partial charge in [-0.3, -0.25) is 19.8 Å². The van der Waals surface area contributed by atoms with E-state index in [1.54, 1.807) is 0 Å². The molecule has 0 heterocycles. The average Bonchev–Trinajstić information content (AvgIpc) is 2.77. The zero-order chi connectivity index (χ0) is 31.2. The van der Waals surface area contributed by atoms with E-state index in [9.17, 15) is 0 Å². The van der Waals surface area contributed by atoms with Crippen molar-refractivity contribution < 1.29 is 14.0 Å². The van der Waals surface area contributed by atoms with Crippen LogP contribution in [0.25, 0.3) is 0 Å². The minimum atomic E-state index is 0.376. The summed E-state index contributed by atoms with van der Waals surface area (Å²) in [6, 6.07) is 3.12. The maximum atomic E-state index is 5.93. The van der Waals surface area contributed by atoms with Gasteiger partial charge in [0.05, 0.1) is 63.7 Å². The molecular weight excluding hydrogens is 500 g/mol. The van der Waals surface area contributed by atoms with Gasteiger partial charge in [-0.1, -0.05) is 0 Å². The molecule has 238 valence electrons. The lowest BCUT2D eigenvalue weighted by atomic mass is 10.2. The van der Waals surface area contributed by atoms with Crippen molar-refractivity contribution in [1.29, 1.82) is 0 Å². The molecular formula is C32H69N6O2+. The second-order valence-electron chi connectivity index (χ2n) is 13.0. The third-order valence-corrected chi connectivity index (χ3v) is 6.79. The van der Waals surface area contributed by atoms with Crippen LogP contribution >= 0.6 is 0 Å². The molecule has 0 aliphatic rings. The summed E-state index contributed by atoms with van der Waals surface area (Å²) in [5, 5.41) is 3.70. The van der Waals surface area contributed by atoms with Crippen molar-refractivity contribution in [3.63, 3.8) is 0 Å². The molecule has 0 saturated carbocycles. The van der Waals surface area contributed by atoms with E-state index >= 15 is 0 Å². The lowest BCUT2D eigenvalue weighted by molar-refractivity contribution is -0.594. The van der Waals surface area contributed by atoms with Crippen molar-refractivity contribution in [2.45, 2.75) is 159 Å². The Morgan fingerprint density at radius 3 is 1.27 bits per heavy atom. The Kier molecular flexibility index (Phi) is 18.8. The zero-order valence-electron chi connectivity index (χ0n) is 29.4. The topological polar surface area (TPSA) is 55.6 Å². The van der Waals surface area contributed by atoms with Crippen LogP contribution in [0.15, 0.2) is 4.99 Å². The Hall–Kier alpha value is -1.54. The van der Waals surface area contributed by atoms with Gasteiger partial charge in [0.25, 0.3) is 0 Å². The van der Waals surface area contributed by atoms with Gasteiger partial charge >= 0.3 is 5.96 Å². The first-order valence-corrected chi connectivity index (χ1v) is 16.0. The summed E-state index contributed by atoms with van der Waals surface area (Å²) < 4.78 is 14.3. The summed E-state index contributed by atoms with van der Waals surface area (Å²) in [5.41, 5.74) is 0. The van der Waals surface area contributed by atoms with Gasteiger partial charge in [0, 0.05) is 24.2 Å². The Balaban J connectivity index is 5.00. The van der Waals surface area contributed by atoms with Crippen molar-refractivity contribution in [2.75, 3.05) is 39.5 Å². The van der Waals surface area contributed by atoms with Gasteiger partial charge in [-0.05, 0) is 111 Å². The number of rotatable bonds is 17. The van der Waals surface area contributed by atoms with Crippen molar-refractivity contribution in [1.82, 2.24) is 20.0 Å². The van der Waals surface area contributed by atoms with Gasteiger partial charge < -0.3 is 19.3 Å². The summed E-state index contributed by atoms with van der Waals surface area (Å²) in [6.07, 6.45) is 0. The SMILES string of the molecule is CC(C)N(C(=NCCOCCOCCNC(N(C(C)C)C(C)C)=[N+](C(C)C)C(C)C)N(C(C)C)C(C)C)C(C)C. The van der Waals surface area contributed by atoms with E-state index in [0.29, 0.717) is 81.3 Å². The monoisotopic (exact) mass is 570 g/mol. The van der Waals surface area contributed by atoms with E-state index in [4.69, 9.17) is 14.5 Å². The average molecular weight is 570 g/mol. The lowest BCUT2D eigenvalue weighted by Gasteiger charge is -2.43. The Morgan fingerprint density at radius 1 is 0.550 bits per heavy atom. The van der Waals surface area contributed by atoms with Crippen molar-refractivity contribution in [2.24, 2.45) is 4.99 Å². The van der Waals surface area contributed by atoms with Gasteiger partial charge in [0.2, 0.25) is 0 Å². The van der Waals surface area contributed by atoms with Gasteiger partial charge in [0.15, 0.2) is 5.96 Å². The third-order valence-electron chi connectivity index (χ3n) is 6.79. The molecule has 0 aliphatic carbocycles. The largest absolute Gasteiger partial charge is 0.377 e. The number of nitrogens with one attached hydrogen (secondary N) is 1. The highest BCUT2D eigenvalue weighted by atomic mass is 16.5. The standard InChI is InChI=1S/C32H68N6O2/c1-23(2)35(24(3)4)31(36(25(5)6)26(7)8)33-17-19-39-21-22-40-20-18-34-32(37(27(9)10)28(11)12)38(29(13)14)30(15)16/h23-30H,17-22H2,1-16H3/p+1. The molecule has 1 N–H and O–H groups in total. The maximum absolute atomic E-state index is 5.93. The Morgan fingerprint density at radius 2 is 0.925 bits per heavy atom. The number of nitrogens with zero attached hydrogens (tertiary/aromatic N) is 5. The Bertz CT molecular complexity index is 673. The van der Waals surface area contributed by atoms with E-state index in [1.807, 2.05) is 0 Å². The van der Waals surface area contributed by atoms with Crippen molar-refractivity contribution in [3.05, 3.63) is 0 Å². The quantitative estimate of drug-likeness (QED) is 0.108. The van der Waals surface area contributed by atoms with Gasteiger partial charge in [-0.2, -0.15) is 0 Å². The van der Waals surface area contributed by atoms with Crippen LogP contribution in [0, 0.1) is 0 Å². The highest BCUT2D eigenvalue weighted by molar-refractivity contribution is 5.81. The summed E-state index contributed by atoms with van der Waals surface area (Å²) in [4.78, 5) is 12.4. The second-order valence-corrected chi connectivity index (χ2v) is 13.0. The molecule has 0 amide bonds. The van der Waals surface area contributed by atoms with E-state index < -0.39 is 0 Å². The minimum absolute atomic E-state index is 0.376. The van der Waals surface area contributed by atoms with E-state index in [0.717, 1.165) is 12.5 Å². The molecule has 8 nitrogen and oxygen atoms in total. The first-order chi connectivity index (χ1) is 18.6. The van der Waals surface area contributed by atoms with Crippen molar-refractivity contribution >= 4 is 11.9 Å². The fraction of sp³-hybridized carbons (Fsp3) is 0.938. The molecule has 0 atom stereocenters. The second kappa shape index (κ2) is 19.6. The number of aliphatic imine (C=N–C) groups is 1. The van der Waals surface area contributed by atoms with Crippen LogP contribution in [-0.4, -0.2) is 119 Å². The highest BCUT2D eigenvalue weighted by Gasteiger charge is 2.30. The summed E-state index contributed by atoms with van der Waals surface area (Å²) in [5.74, 6) is 2.26. The first kappa shape index (κ1) is 38.5. The van der Waals surface area contributed by atoms with Crippen LogP contribution in [0.1, 0.15) is 111 Å². The number of guanidine groups is 2. The van der Waals surface area contributed by atoms with E-state index in [1.165, 1.54) is 5.96 Å². The molecule has 0 fully saturated rings. The van der Waals surface area contributed by atoms with Crippen LogP contribution < -0.4 is 5.32 Å². The summed E-state index contributed by atoms with van der Waals surface area (Å²) in [7, 11) is 0.